The normalized spacial score (nSPS) is 12.0. The van der Waals surface area contributed by atoms with Crippen molar-refractivity contribution >= 4 is 0 Å². The van der Waals surface area contributed by atoms with Gasteiger partial charge in [0.25, 0.3) is 0 Å². The van der Waals surface area contributed by atoms with Gasteiger partial charge in [0.1, 0.15) is 5.75 Å². The van der Waals surface area contributed by atoms with E-state index in [1.165, 1.54) is 80.0 Å². The van der Waals surface area contributed by atoms with Crippen molar-refractivity contribution in [1.82, 2.24) is 4.98 Å². The van der Waals surface area contributed by atoms with E-state index in [9.17, 15) is 0 Å². The molecule has 0 spiro atoms. The average molecular weight is 472 g/mol. The van der Waals surface area contributed by atoms with Crippen LogP contribution in [0.4, 0.5) is 0 Å². The monoisotopic (exact) mass is 471 g/mol. The van der Waals surface area contributed by atoms with Crippen molar-refractivity contribution < 1.29 is 4.74 Å². The fourth-order valence-electron chi connectivity index (χ4n) is 4.55. The lowest BCUT2D eigenvalue weighted by molar-refractivity contribution is 0.304. The predicted octanol–water partition coefficient (Wildman–Crippen LogP) is 9.76. The van der Waals surface area contributed by atoms with Crippen molar-refractivity contribution in [2.24, 2.45) is 0 Å². The number of ether oxygens (including phenoxy) is 1. The fourth-order valence-corrected chi connectivity index (χ4v) is 4.55. The summed E-state index contributed by atoms with van der Waals surface area (Å²) < 4.78 is 5.94. The molecule has 1 heterocycles. The lowest BCUT2D eigenvalue weighted by Crippen LogP contribution is -2.00. The number of benzene rings is 2. The summed E-state index contributed by atoms with van der Waals surface area (Å²) in [7, 11) is 0. The van der Waals surface area contributed by atoms with Gasteiger partial charge < -0.3 is 4.74 Å². The molecule has 1 aromatic heterocycles. The molecule has 0 saturated carbocycles. The van der Waals surface area contributed by atoms with Crippen LogP contribution < -0.4 is 4.74 Å². The van der Waals surface area contributed by atoms with Crippen LogP contribution in [0, 0.1) is 0 Å². The highest BCUT2D eigenvalue weighted by atomic mass is 16.5. The maximum atomic E-state index is 5.94. The molecule has 0 aliphatic rings. The van der Waals surface area contributed by atoms with E-state index in [1.54, 1.807) is 0 Å². The van der Waals surface area contributed by atoms with Crippen molar-refractivity contribution in [3.05, 3.63) is 83.7 Å². The molecule has 0 amide bonds. The number of aromatic nitrogens is 1. The lowest BCUT2D eigenvalue weighted by Gasteiger charge is -2.13. The quantitative estimate of drug-likeness (QED) is 0.194. The molecule has 0 aliphatic heterocycles. The first kappa shape index (κ1) is 27.0. The molecular formula is C33H45NO. The zero-order valence-electron chi connectivity index (χ0n) is 22.3. The number of aryl methyl sites for hydroxylation is 1. The summed E-state index contributed by atoms with van der Waals surface area (Å²) in [4.78, 5) is 4.78. The van der Waals surface area contributed by atoms with Gasteiger partial charge in [-0.25, -0.2) is 0 Å². The summed E-state index contributed by atoms with van der Waals surface area (Å²) in [6, 6.07) is 21.9. The van der Waals surface area contributed by atoms with Crippen LogP contribution in [-0.4, -0.2) is 11.6 Å². The zero-order valence-corrected chi connectivity index (χ0v) is 22.3. The zero-order chi connectivity index (χ0) is 24.7. The van der Waals surface area contributed by atoms with E-state index in [1.807, 2.05) is 0 Å². The number of hydrogen-bond donors (Lipinski definition) is 0. The van der Waals surface area contributed by atoms with Gasteiger partial charge in [0.05, 0.1) is 6.61 Å². The Balaban J connectivity index is 1.48. The second-order valence-corrected chi connectivity index (χ2v) is 9.89. The highest BCUT2D eigenvalue weighted by Crippen LogP contribution is 2.27. The van der Waals surface area contributed by atoms with Crippen LogP contribution in [0.3, 0.4) is 0 Å². The van der Waals surface area contributed by atoms with Crippen molar-refractivity contribution in [2.75, 3.05) is 6.61 Å². The summed E-state index contributed by atoms with van der Waals surface area (Å²) >= 11 is 0. The number of rotatable bonds is 16. The number of pyridine rings is 1. The van der Waals surface area contributed by atoms with Gasteiger partial charge in [-0.1, -0.05) is 115 Å². The lowest BCUT2D eigenvalue weighted by atomic mass is 9.94. The van der Waals surface area contributed by atoms with E-state index < -0.39 is 0 Å². The molecule has 0 fully saturated rings. The van der Waals surface area contributed by atoms with Crippen molar-refractivity contribution in [3.63, 3.8) is 0 Å². The summed E-state index contributed by atoms with van der Waals surface area (Å²) in [5.41, 5.74) is 6.25. The maximum Gasteiger partial charge on any atom is 0.119 e. The number of nitrogens with zero attached hydrogens (tertiary/aromatic N) is 1. The molecule has 2 aromatic carbocycles. The third-order valence-electron chi connectivity index (χ3n) is 6.98. The molecule has 1 atom stereocenters. The van der Waals surface area contributed by atoms with E-state index in [-0.39, 0.29) is 5.92 Å². The van der Waals surface area contributed by atoms with Crippen LogP contribution in [0.15, 0.2) is 66.9 Å². The molecule has 35 heavy (non-hydrogen) atoms. The van der Waals surface area contributed by atoms with Crippen molar-refractivity contribution in [3.8, 4) is 16.9 Å². The van der Waals surface area contributed by atoms with Gasteiger partial charge in [0.2, 0.25) is 0 Å². The fraction of sp³-hybridized carbons (Fsp3) is 0.485. The summed E-state index contributed by atoms with van der Waals surface area (Å²) in [6.45, 7) is 7.57. The van der Waals surface area contributed by atoms with Crippen LogP contribution >= 0.6 is 0 Å². The molecule has 2 heteroatoms. The standard InChI is InChI=1S/C33H45NO/c1-4-6-8-10-11-13-25-35-32-22-20-31(21-23-32)30-18-16-29(17-19-30)27(3)33-24-15-28(26-34-33)14-12-9-7-5-2/h15-24,26-27H,4-14,25H2,1-3H3. The largest absolute Gasteiger partial charge is 0.494 e. The molecule has 0 saturated heterocycles. The Kier molecular flexibility index (Phi) is 11.9. The average Bonchev–Trinajstić information content (AvgIpc) is 2.91. The minimum Gasteiger partial charge on any atom is -0.494 e. The van der Waals surface area contributed by atoms with E-state index in [4.69, 9.17) is 9.72 Å². The molecule has 3 aromatic rings. The summed E-state index contributed by atoms with van der Waals surface area (Å²) in [5.74, 6) is 1.25. The minimum atomic E-state index is 0.288. The SMILES string of the molecule is CCCCCCCCOc1ccc(-c2ccc(C(C)c3ccc(CCCCCC)cn3)cc2)cc1. The first-order chi connectivity index (χ1) is 17.2. The first-order valence-corrected chi connectivity index (χ1v) is 14.0. The topological polar surface area (TPSA) is 22.1 Å². The second-order valence-electron chi connectivity index (χ2n) is 9.89. The van der Waals surface area contributed by atoms with Crippen LogP contribution in [0.1, 0.15) is 108 Å². The molecule has 0 radical (unpaired) electrons. The van der Waals surface area contributed by atoms with Crippen LogP contribution in [0.2, 0.25) is 0 Å². The molecule has 2 nitrogen and oxygen atoms in total. The van der Waals surface area contributed by atoms with E-state index >= 15 is 0 Å². The van der Waals surface area contributed by atoms with Crippen LogP contribution in [-0.2, 0) is 6.42 Å². The van der Waals surface area contributed by atoms with E-state index in [0.29, 0.717) is 0 Å². The van der Waals surface area contributed by atoms with Crippen molar-refractivity contribution in [2.45, 2.75) is 97.3 Å². The molecule has 3 rings (SSSR count). The Labute approximate surface area is 214 Å². The summed E-state index contributed by atoms with van der Waals surface area (Å²) in [5, 5.41) is 0. The smallest absolute Gasteiger partial charge is 0.119 e. The minimum absolute atomic E-state index is 0.288. The van der Waals surface area contributed by atoms with Crippen LogP contribution in [0.25, 0.3) is 11.1 Å². The Morgan fingerprint density at radius 1 is 0.657 bits per heavy atom. The molecule has 0 bridgehead atoms. The van der Waals surface area contributed by atoms with Gasteiger partial charge in [0.15, 0.2) is 0 Å². The number of hydrogen-bond acceptors (Lipinski definition) is 2. The summed E-state index contributed by atoms with van der Waals surface area (Å²) in [6.07, 6.45) is 16.1. The van der Waals surface area contributed by atoms with E-state index in [0.717, 1.165) is 30.9 Å². The third kappa shape index (κ3) is 9.17. The molecule has 1 unspecified atom stereocenters. The second kappa shape index (κ2) is 15.4. The van der Waals surface area contributed by atoms with Crippen LogP contribution in [0.5, 0.6) is 5.75 Å². The Hall–Kier alpha value is -2.61. The van der Waals surface area contributed by atoms with Gasteiger partial charge in [-0.2, -0.15) is 0 Å². The Bertz CT molecular complexity index is 944. The van der Waals surface area contributed by atoms with Gasteiger partial charge >= 0.3 is 0 Å². The van der Waals surface area contributed by atoms with Gasteiger partial charge in [-0.05, 0) is 59.7 Å². The van der Waals surface area contributed by atoms with E-state index in [2.05, 4.69) is 87.6 Å². The molecular weight excluding hydrogens is 426 g/mol. The first-order valence-electron chi connectivity index (χ1n) is 14.0. The Morgan fingerprint density at radius 2 is 1.26 bits per heavy atom. The number of unbranched alkanes of at least 4 members (excludes halogenated alkanes) is 8. The van der Waals surface area contributed by atoms with Gasteiger partial charge in [-0.15, -0.1) is 0 Å². The highest BCUT2D eigenvalue weighted by molar-refractivity contribution is 5.64. The third-order valence-corrected chi connectivity index (χ3v) is 6.98. The maximum absolute atomic E-state index is 5.94. The predicted molar refractivity (Wildman–Crippen MR) is 150 cm³/mol. The molecule has 0 aliphatic carbocycles. The van der Waals surface area contributed by atoms with Gasteiger partial charge in [0, 0.05) is 17.8 Å². The Morgan fingerprint density at radius 3 is 1.89 bits per heavy atom. The molecule has 0 N–H and O–H groups in total. The highest BCUT2D eigenvalue weighted by Gasteiger charge is 2.10. The van der Waals surface area contributed by atoms with Crippen molar-refractivity contribution in [1.29, 1.82) is 0 Å². The molecule has 188 valence electrons. The van der Waals surface area contributed by atoms with Gasteiger partial charge in [-0.3, -0.25) is 4.98 Å².